The Balaban J connectivity index is 1.17. The fourth-order valence-corrected chi connectivity index (χ4v) is 5.38. The number of benzene rings is 1. The second kappa shape index (κ2) is 8.90. The minimum Gasteiger partial charge on any atom is -0.408 e. The highest BCUT2D eigenvalue weighted by molar-refractivity contribution is 5.98. The normalized spacial score (nSPS) is 21.2. The van der Waals surface area contributed by atoms with Gasteiger partial charge in [0, 0.05) is 38.8 Å². The summed E-state index contributed by atoms with van der Waals surface area (Å²) in [5.74, 6) is -0.0261. The van der Waals surface area contributed by atoms with Crippen LogP contribution in [0.2, 0.25) is 0 Å². The minimum absolute atomic E-state index is 0.132. The summed E-state index contributed by atoms with van der Waals surface area (Å²) >= 11 is 0. The highest BCUT2D eigenvalue weighted by Crippen LogP contribution is 2.31. The molecule has 0 unspecified atom stereocenters. The first-order valence-corrected chi connectivity index (χ1v) is 12.2. The van der Waals surface area contributed by atoms with Crippen molar-refractivity contribution in [1.82, 2.24) is 34.7 Å². The summed E-state index contributed by atoms with van der Waals surface area (Å²) < 4.78 is 8.02. The summed E-state index contributed by atoms with van der Waals surface area (Å²) in [6.07, 6.45) is 3.93. The second-order valence-corrected chi connectivity index (χ2v) is 9.65. The molecule has 0 spiro atoms. The fourth-order valence-electron chi connectivity index (χ4n) is 5.38. The largest absolute Gasteiger partial charge is 0.419 e. The van der Waals surface area contributed by atoms with Gasteiger partial charge in [0.05, 0.1) is 11.7 Å². The number of hydrogen-bond acceptors (Lipinski definition) is 7. The number of hydrogen-bond donors (Lipinski definition) is 2. The van der Waals surface area contributed by atoms with Gasteiger partial charge in [0.25, 0.3) is 11.8 Å². The van der Waals surface area contributed by atoms with Crippen molar-refractivity contribution in [2.24, 2.45) is 18.9 Å². The summed E-state index contributed by atoms with van der Waals surface area (Å²) in [5, 5.41) is 10.1. The quantitative estimate of drug-likeness (QED) is 0.416. The van der Waals surface area contributed by atoms with Gasteiger partial charge in [-0.15, -0.1) is 0 Å². The van der Waals surface area contributed by atoms with Crippen molar-refractivity contribution in [3.63, 3.8) is 0 Å². The highest BCUT2D eigenvalue weighted by atomic mass is 16.4. The molecule has 3 aliphatic heterocycles. The lowest BCUT2D eigenvalue weighted by atomic mass is 9.79. The van der Waals surface area contributed by atoms with Gasteiger partial charge in [0.2, 0.25) is 0 Å². The summed E-state index contributed by atoms with van der Waals surface area (Å²) in [5.41, 5.74) is 2.75. The van der Waals surface area contributed by atoms with Gasteiger partial charge in [-0.2, -0.15) is 5.10 Å². The van der Waals surface area contributed by atoms with Crippen LogP contribution < -0.4 is 16.4 Å². The van der Waals surface area contributed by atoms with E-state index in [0.717, 1.165) is 25.2 Å². The first-order chi connectivity index (χ1) is 17.5. The van der Waals surface area contributed by atoms with E-state index >= 15 is 0 Å². The van der Waals surface area contributed by atoms with Gasteiger partial charge in [-0.25, -0.2) is 14.3 Å². The molecule has 1 atom stereocenters. The summed E-state index contributed by atoms with van der Waals surface area (Å²) in [6.45, 7) is 4.15. The number of carbonyl (C=O) groups excluding carboxylic acids is 2. The SMILES string of the molecule is Cn1c(=O)oc2ccc(CNC(=O)c3cc(C(=O)NC[C@H]4CN5CCC4CC5)n4nccc4n3)cc21. The van der Waals surface area contributed by atoms with Gasteiger partial charge < -0.3 is 20.0 Å². The van der Waals surface area contributed by atoms with E-state index in [0.29, 0.717) is 35.1 Å². The van der Waals surface area contributed by atoms with Crippen LogP contribution in [0.3, 0.4) is 0 Å². The van der Waals surface area contributed by atoms with E-state index < -0.39 is 11.7 Å². The van der Waals surface area contributed by atoms with Crippen LogP contribution in [0.5, 0.6) is 0 Å². The number of amides is 2. The molecule has 3 saturated heterocycles. The zero-order valence-corrected chi connectivity index (χ0v) is 19.9. The van der Waals surface area contributed by atoms with Crippen molar-refractivity contribution in [2.45, 2.75) is 19.4 Å². The molecule has 36 heavy (non-hydrogen) atoms. The molecule has 6 heterocycles. The number of piperidine rings is 3. The molecular formula is C25H27N7O4. The maximum atomic E-state index is 13.1. The van der Waals surface area contributed by atoms with Crippen molar-refractivity contribution >= 4 is 28.6 Å². The number of aryl methyl sites for hydroxylation is 1. The number of rotatable bonds is 6. The molecule has 2 N–H and O–H groups in total. The molecule has 3 aromatic heterocycles. The molecule has 2 bridgehead atoms. The van der Waals surface area contributed by atoms with Crippen LogP contribution in [0.25, 0.3) is 16.7 Å². The third kappa shape index (κ3) is 4.05. The molecule has 186 valence electrons. The third-order valence-electron chi connectivity index (χ3n) is 7.45. The van der Waals surface area contributed by atoms with Crippen LogP contribution in [0.1, 0.15) is 39.4 Å². The van der Waals surface area contributed by atoms with Crippen LogP contribution in [0, 0.1) is 11.8 Å². The molecule has 4 aromatic rings. The van der Waals surface area contributed by atoms with Gasteiger partial charge in [0.15, 0.2) is 11.2 Å². The number of nitrogens with zero attached hydrogens (tertiary/aromatic N) is 5. The lowest BCUT2D eigenvalue weighted by Gasteiger charge is -2.44. The highest BCUT2D eigenvalue weighted by Gasteiger charge is 2.34. The van der Waals surface area contributed by atoms with Crippen LogP contribution in [0.15, 0.2) is 45.7 Å². The standard InChI is InChI=1S/C25H27N7O4/c1-30-19-10-15(2-3-21(19)36-25(30)35)12-26-23(33)18-11-20(32-22(29-18)4-7-28-32)24(34)27-13-17-14-31-8-5-16(17)6-9-31/h2-4,7,10-11,16-17H,5-6,8-9,12-14H2,1H3,(H,26,33)(H,27,34)/t17-/m0/s1. The van der Waals surface area contributed by atoms with E-state index in [4.69, 9.17) is 4.42 Å². The Morgan fingerprint density at radius 3 is 2.72 bits per heavy atom. The smallest absolute Gasteiger partial charge is 0.408 e. The molecule has 7 rings (SSSR count). The number of nitrogens with one attached hydrogen (secondary N) is 2. The Kier molecular flexibility index (Phi) is 5.56. The Morgan fingerprint density at radius 2 is 1.94 bits per heavy atom. The van der Waals surface area contributed by atoms with E-state index in [1.54, 1.807) is 37.5 Å². The molecule has 3 fully saturated rings. The Hall–Kier alpha value is -3.99. The third-order valence-corrected chi connectivity index (χ3v) is 7.45. The maximum Gasteiger partial charge on any atom is 0.419 e. The molecule has 0 radical (unpaired) electrons. The van der Waals surface area contributed by atoms with Crippen molar-refractivity contribution < 1.29 is 14.0 Å². The van der Waals surface area contributed by atoms with E-state index in [-0.39, 0.29) is 23.8 Å². The molecule has 11 nitrogen and oxygen atoms in total. The predicted molar refractivity (Wildman–Crippen MR) is 131 cm³/mol. The van der Waals surface area contributed by atoms with E-state index in [1.807, 2.05) is 0 Å². The van der Waals surface area contributed by atoms with Crippen LogP contribution in [-0.2, 0) is 13.6 Å². The average Bonchev–Trinajstić information content (AvgIpc) is 3.50. The molecule has 2 amide bonds. The Morgan fingerprint density at radius 1 is 1.11 bits per heavy atom. The monoisotopic (exact) mass is 489 g/mol. The Bertz CT molecular complexity index is 1530. The van der Waals surface area contributed by atoms with Gasteiger partial charge in [-0.3, -0.25) is 14.2 Å². The molecule has 3 aliphatic rings. The van der Waals surface area contributed by atoms with Gasteiger partial charge >= 0.3 is 5.76 Å². The molecule has 0 saturated carbocycles. The lowest BCUT2D eigenvalue weighted by molar-refractivity contribution is 0.0495. The van der Waals surface area contributed by atoms with Crippen molar-refractivity contribution in [1.29, 1.82) is 0 Å². The van der Waals surface area contributed by atoms with Gasteiger partial charge in [-0.1, -0.05) is 6.07 Å². The maximum absolute atomic E-state index is 13.1. The van der Waals surface area contributed by atoms with Crippen molar-refractivity contribution in [2.75, 3.05) is 26.2 Å². The fraction of sp³-hybridized carbons (Fsp3) is 0.400. The molecule has 0 aliphatic carbocycles. The number of carbonyl (C=O) groups is 2. The average molecular weight is 490 g/mol. The van der Waals surface area contributed by atoms with E-state index in [1.165, 1.54) is 28.0 Å². The predicted octanol–water partition coefficient (Wildman–Crippen LogP) is 1.18. The summed E-state index contributed by atoms with van der Waals surface area (Å²) in [4.78, 5) is 44.7. The zero-order chi connectivity index (χ0) is 24.8. The van der Waals surface area contributed by atoms with Crippen LogP contribution >= 0.6 is 0 Å². The molecular weight excluding hydrogens is 462 g/mol. The first-order valence-electron chi connectivity index (χ1n) is 12.2. The molecule has 11 heteroatoms. The Labute approximate surface area is 206 Å². The molecule has 1 aromatic carbocycles. The van der Waals surface area contributed by atoms with Gasteiger partial charge in [0.1, 0.15) is 11.4 Å². The minimum atomic E-state index is -0.441. The van der Waals surface area contributed by atoms with Crippen molar-refractivity contribution in [3.05, 3.63) is 64.0 Å². The zero-order valence-electron chi connectivity index (χ0n) is 19.9. The lowest BCUT2D eigenvalue weighted by Crippen LogP contribution is -2.50. The number of aromatic nitrogens is 4. The van der Waals surface area contributed by atoms with Crippen molar-refractivity contribution in [3.8, 4) is 0 Å². The topological polar surface area (TPSA) is 127 Å². The number of oxazole rings is 1. The van der Waals surface area contributed by atoms with E-state index in [9.17, 15) is 14.4 Å². The van der Waals surface area contributed by atoms with Crippen LogP contribution in [-0.4, -0.2) is 62.1 Å². The summed E-state index contributed by atoms with van der Waals surface area (Å²) in [7, 11) is 1.63. The second-order valence-electron chi connectivity index (χ2n) is 9.65. The van der Waals surface area contributed by atoms with Crippen LogP contribution in [0.4, 0.5) is 0 Å². The van der Waals surface area contributed by atoms with Gasteiger partial charge in [-0.05, 0) is 55.5 Å². The number of fused-ring (bicyclic) bond motifs is 5. The summed E-state index contributed by atoms with van der Waals surface area (Å²) in [6, 6.07) is 8.42. The first kappa shape index (κ1) is 22.5. The van der Waals surface area contributed by atoms with E-state index in [2.05, 4.69) is 25.6 Å².